The Bertz CT molecular complexity index is 762. The van der Waals surface area contributed by atoms with Crippen molar-refractivity contribution < 1.29 is 4.79 Å². The molecule has 0 spiro atoms. The molecule has 30 heavy (non-hydrogen) atoms. The molecule has 4 unspecified atom stereocenters. The largest absolute Gasteiger partial charge is 0.332 e. The van der Waals surface area contributed by atoms with Crippen molar-refractivity contribution in [2.45, 2.75) is 90.3 Å². The molecule has 0 amide bonds. The highest BCUT2D eigenvalue weighted by molar-refractivity contribution is 5.83. The Hall–Kier alpha value is -1.49. The standard InChI is InChI=1S/C25H38N4O/c1-15(2)24(30)23-10-17-5-6-18(23)9-22(17)19-11-26-25(27-12-19)29-20-7-8-21(29)14-28(13-20)16(3)4/h11-12,15-18,20-23H,5-10,13-14H2,1-4H3/t17?,18?,20?,21?,22-,23+/m1/s1. The van der Waals surface area contributed by atoms with Crippen LogP contribution in [-0.4, -0.2) is 51.9 Å². The van der Waals surface area contributed by atoms with Crippen molar-refractivity contribution in [2.75, 3.05) is 18.0 Å². The second kappa shape index (κ2) is 7.89. The molecule has 0 radical (unpaired) electrons. The van der Waals surface area contributed by atoms with E-state index in [1.807, 2.05) is 0 Å². The highest BCUT2D eigenvalue weighted by Crippen LogP contribution is 2.53. The summed E-state index contributed by atoms with van der Waals surface area (Å²) in [5.41, 5.74) is 1.30. The summed E-state index contributed by atoms with van der Waals surface area (Å²) >= 11 is 0. The van der Waals surface area contributed by atoms with E-state index in [0.717, 1.165) is 31.9 Å². The molecule has 0 aromatic carbocycles. The lowest BCUT2D eigenvalue weighted by molar-refractivity contribution is -0.131. The normalized spacial score (nSPS) is 36.1. The molecule has 5 heteroatoms. The highest BCUT2D eigenvalue weighted by atomic mass is 16.1. The van der Waals surface area contributed by atoms with Crippen LogP contribution in [0.3, 0.4) is 0 Å². The van der Waals surface area contributed by atoms with E-state index in [4.69, 9.17) is 9.97 Å². The Morgan fingerprint density at radius 2 is 1.57 bits per heavy atom. The number of ketones is 1. The lowest BCUT2D eigenvalue weighted by Gasteiger charge is -2.47. The monoisotopic (exact) mass is 410 g/mol. The molecule has 6 rings (SSSR count). The van der Waals surface area contributed by atoms with Gasteiger partial charge in [0.05, 0.1) is 0 Å². The maximum atomic E-state index is 12.6. The Labute approximate surface area is 181 Å². The third-order valence-electron chi connectivity index (χ3n) is 8.65. The number of Topliss-reactive ketones (excluding diaryl/α,β-unsaturated/α-hetero) is 1. The number of nitrogens with zero attached hydrogens (tertiary/aromatic N) is 4. The number of rotatable bonds is 5. The molecule has 0 N–H and O–H groups in total. The number of hydrogen-bond donors (Lipinski definition) is 0. The minimum absolute atomic E-state index is 0.168. The number of carbonyl (C=O) groups excluding carboxylic acids is 1. The molecule has 2 aliphatic heterocycles. The van der Waals surface area contributed by atoms with Gasteiger partial charge in [-0.15, -0.1) is 0 Å². The summed E-state index contributed by atoms with van der Waals surface area (Å²) in [4.78, 5) is 27.5. The van der Waals surface area contributed by atoms with Gasteiger partial charge in [-0.05, 0) is 75.7 Å². The van der Waals surface area contributed by atoms with E-state index in [1.54, 1.807) is 0 Å². The predicted octanol–water partition coefficient (Wildman–Crippen LogP) is 4.28. The van der Waals surface area contributed by atoms with Crippen LogP contribution in [0.15, 0.2) is 12.4 Å². The zero-order valence-corrected chi connectivity index (χ0v) is 19.1. The number of likely N-dealkylation sites (tertiary alicyclic amines) is 1. The van der Waals surface area contributed by atoms with Crippen molar-refractivity contribution in [1.29, 1.82) is 0 Å². The van der Waals surface area contributed by atoms with Gasteiger partial charge in [-0.1, -0.05) is 13.8 Å². The molecule has 1 aromatic heterocycles. The van der Waals surface area contributed by atoms with Gasteiger partial charge in [0.2, 0.25) is 5.95 Å². The van der Waals surface area contributed by atoms with Crippen molar-refractivity contribution in [3.05, 3.63) is 18.0 Å². The maximum Gasteiger partial charge on any atom is 0.225 e. The van der Waals surface area contributed by atoms with E-state index < -0.39 is 0 Å². The van der Waals surface area contributed by atoms with E-state index in [9.17, 15) is 4.79 Å². The van der Waals surface area contributed by atoms with E-state index >= 15 is 0 Å². The first-order valence-electron chi connectivity index (χ1n) is 12.3. The second-order valence-electron chi connectivity index (χ2n) is 11.0. The van der Waals surface area contributed by atoms with Crippen molar-refractivity contribution in [1.82, 2.24) is 14.9 Å². The van der Waals surface area contributed by atoms with E-state index in [-0.39, 0.29) is 5.92 Å². The van der Waals surface area contributed by atoms with Crippen molar-refractivity contribution in [2.24, 2.45) is 23.7 Å². The van der Waals surface area contributed by atoms with Crippen LogP contribution in [0, 0.1) is 23.7 Å². The third kappa shape index (κ3) is 3.47. The molecule has 5 fully saturated rings. The van der Waals surface area contributed by atoms with Crippen molar-refractivity contribution in [3.63, 3.8) is 0 Å². The molecular weight excluding hydrogens is 372 g/mol. The maximum absolute atomic E-state index is 12.6. The Morgan fingerprint density at radius 1 is 0.933 bits per heavy atom. The summed E-state index contributed by atoms with van der Waals surface area (Å²) in [6.07, 6.45) is 11.5. The Kier molecular flexibility index (Phi) is 5.37. The van der Waals surface area contributed by atoms with Crippen LogP contribution >= 0.6 is 0 Å². The molecule has 3 aliphatic carbocycles. The Morgan fingerprint density at radius 3 is 2.10 bits per heavy atom. The lowest BCUT2D eigenvalue weighted by atomic mass is 9.57. The Balaban J connectivity index is 1.28. The fourth-order valence-corrected chi connectivity index (χ4v) is 6.96. The first-order chi connectivity index (χ1) is 14.4. The summed E-state index contributed by atoms with van der Waals surface area (Å²) < 4.78 is 0. The molecule has 5 nitrogen and oxygen atoms in total. The van der Waals surface area contributed by atoms with Gasteiger partial charge >= 0.3 is 0 Å². The third-order valence-corrected chi connectivity index (χ3v) is 8.65. The first-order valence-corrected chi connectivity index (χ1v) is 12.3. The molecule has 3 heterocycles. The average molecular weight is 411 g/mol. The van der Waals surface area contributed by atoms with Crippen LogP contribution < -0.4 is 4.90 Å². The summed E-state index contributed by atoms with van der Waals surface area (Å²) in [5.74, 6) is 3.63. The molecule has 2 saturated heterocycles. The van der Waals surface area contributed by atoms with Crippen LogP contribution in [0.5, 0.6) is 0 Å². The number of piperazine rings is 1. The minimum atomic E-state index is 0.168. The molecule has 3 saturated carbocycles. The van der Waals surface area contributed by atoms with Gasteiger partial charge in [-0.3, -0.25) is 9.69 Å². The highest BCUT2D eigenvalue weighted by Gasteiger charge is 2.46. The fourth-order valence-electron chi connectivity index (χ4n) is 6.96. The van der Waals surface area contributed by atoms with Gasteiger partial charge in [-0.25, -0.2) is 9.97 Å². The quantitative estimate of drug-likeness (QED) is 0.725. The number of fused-ring (bicyclic) bond motifs is 5. The van der Waals surface area contributed by atoms with Gasteiger partial charge < -0.3 is 4.90 Å². The predicted molar refractivity (Wildman–Crippen MR) is 120 cm³/mol. The fraction of sp³-hybridized carbons (Fsp3) is 0.800. The number of aromatic nitrogens is 2. The topological polar surface area (TPSA) is 49.3 Å². The number of anilines is 1. The lowest BCUT2D eigenvalue weighted by Crippen LogP contribution is -2.56. The molecule has 1 aromatic rings. The van der Waals surface area contributed by atoms with Crippen LogP contribution in [0.1, 0.15) is 77.7 Å². The second-order valence-corrected chi connectivity index (χ2v) is 11.0. The average Bonchev–Trinajstić information content (AvgIpc) is 3.02. The number of hydrogen-bond acceptors (Lipinski definition) is 5. The molecule has 4 bridgehead atoms. The van der Waals surface area contributed by atoms with Crippen LogP contribution in [0.2, 0.25) is 0 Å². The molecule has 6 atom stereocenters. The van der Waals surface area contributed by atoms with Gasteiger partial charge in [0, 0.05) is 55.4 Å². The minimum Gasteiger partial charge on any atom is -0.332 e. The molecule has 5 aliphatic rings. The molecular formula is C25H38N4O. The van der Waals surface area contributed by atoms with Crippen LogP contribution in [0.4, 0.5) is 5.95 Å². The van der Waals surface area contributed by atoms with E-state index in [0.29, 0.717) is 47.6 Å². The first kappa shape index (κ1) is 20.4. The van der Waals surface area contributed by atoms with E-state index in [1.165, 1.54) is 31.2 Å². The summed E-state index contributed by atoms with van der Waals surface area (Å²) in [5, 5.41) is 0. The van der Waals surface area contributed by atoms with Gasteiger partial charge in [0.25, 0.3) is 0 Å². The summed E-state index contributed by atoms with van der Waals surface area (Å²) in [6, 6.07) is 1.74. The van der Waals surface area contributed by atoms with Gasteiger partial charge in [-0.2, -0.15) is 0 Å². The van der Waals surface area contributed by atoms with Gasteiger partial charge in [0.15, 0.2) is 0 Å². The summed E-state index contributed by atoms with van der Waals surface area (Å²) in [7, 11) is 0. The van der Waals surface area contributed by atoms with Crippen molar-refractivity contribution in [3.8, 4) is 0 Å². The van der Waals surface area contributed by atoms with E-state index in [2.05, 4.69) is 49.9 Å². The smallest absolute Gasteiger partial charge is 0.225 e. The van der Waals surface area contributed by atoms with Crippen LogP contribution in [0.25, 0.3) is 0 Å². The number of carbonyl (C=O) groups is 1. The SMILES string of the molecule is CC(C)C(=O)[C@H]1CC2CCC1C[C@H]2c1cnc(N2C3CCC2CN(C(C)C)C3)nc1. The zero-order valence-electron chi connectivity index (χ0n) is 19.1. The molecule has 164 valence electrons. The van der Waals surface area contributed by atoms with Gasteiger partial charge in [0.1, 0.15) is 5.78 Å². The summed E-state index contributed by atoms with van der Waals surface area (Å²) in [6.45, 7) is 11.0. The zero-order chi connectivity index (χ0) is 21.0. The van der Waals surface area contributed by atoms with Crippen LogP contribution in [-0.2, 0) is 4.79 Å². The van der Waals surface area contributed by atoms with Crippen molar-refractivity contribution >= 4 is 11.7 Å².